The van der Waals surface area contributed by atoms with E-state index in [1.807, 2.05) is 0 Å². The molecule has 0 saturated heterocycles. The second-order valence-electron chi connectivity index (χ2n) is 7.17. The van der Waals surface area contributed by atoms with Gasteiger partial charge in [-0.3, -0.25) is 0 Å². The van der Waals surface area contributed by atoms with Crippen molar-refractivity contribution in [3.63, 3.8) is 0 Å². The average Bonchev–Trinajstić information content (AvgIpc) is 2.84. The summed E-state index contributed by atoms with van der Waals surface area (Å²) in [6, 6.07) is 17.7. The molecule has 3 aromatic rings. The van der Waals surface area contributed by atoms with E-state index in [0.29, 0.717) is 11.1 Å². The van der Waals surface area contributed by atoms with Gasteiger partial charge >= 0.3 is 0 Å². The van der Waals surface area contributed by atoms with Crippen LogP contribution in [0.15, 0.2) is 72.8 Å². The van der Waals surface area contributed by atoms with Gasteiger partial charge in [0.15, 0.2) is 37.7 Å². The molecule has 0 unspecified atom stereocenters. The molecule has 0 aliphatic heterocycles. The van der Waals surface area contributed by atoms with Crippen molar-refractivity contribution >= 4 is 0 Å². The molecule has 3 rings (SSSR count). The van der Waals surface area contributed by atoms with E-state index in [1.165, 1.54) is 48.5 Å². The number of aliphatic hydroxyl groups excluding tert-OH is 6. The Morgan fingerprint density at radius 2 is 0.345 bits per heavy atom. The van der Waals surface area contributed by atoms with Gasteiger partial charge in [0.05, 0.1) is 0 Å². The van der Waals surface area contributed by atoms with Crippen molar-refractivity contribution < 1.29 is 427 Å². The molecule has 0 bridgehead atoms. The molecule has 0 spiro atoms. The third kappa shape index (κ3) is 53.4. The van der Waals surface area contributed by atoms with Gasteiger partial charge in [0, 0.05) is 339 Å². The average molecular weight is 2010 g/mol. The molecule has 0 aromatic heterocycles. The molecule has 23 nitrogen and oxygen atoms in total. The first-order valence-corrected chi connectivity index (χ1v) is 10.3. The van der Waals surface area contributed by atoms with E-state index in [9.17, 15) is 0 Å². The van der Waals surface area contributed by atoms with Crippen molar-refractivity contribution in [3.05, 3.63) is 106 Å². The van der Waals surface area contributed by atoms with Crippen LogP contribution in [0.5, 0.6) is 0 Å². The second-order valence-corrected chi connectivity index (χ2v) is 7.17. The third-order valence-corrected chi connectivity index (χ3v) is 4.64. The predicted octanol–water partition coefficient (Wildman–Crippen LogP) is -10.1. The van der Waals surface area contributed by atoms with E-state index in [0.717, 1.165) is 0 Å². The van der Waals surface area contributed by atoms with Crippen molar-refractivity contribution in [1.29, 1.82) is 0 Å². The minimum Gasteiger partial charge on any atom is -0.412 e. The van der Waals surface area contributed by atoms with E-state index in [-0.39, 0.29) is 388 Å². The summed E-state index contributed by atoms with van der Waals surface area (Å²) in [7, 11) is 0. The van der Waals surface area contributed by atoms with Gasteiger partial charge in [-0.1, -0.05) is 72.8 Å². The first-order valence-electron chi connectivity index (χ1n) is 10.3. The van der Waals surface area contributed by atoms with Gasteiger partial charge in [0.1, 0.15) is 0 Å². The maximum atomic E-state index is 8.79. The Morgan fingerprint density at radius 1 is 0.218 bits per heavy atom. The maximum Gasteiger partial charge on any atom is 0.178 e. The monoisotopic (exact) mass is 2020 g/mol. The maximum absolute atomic E-state index is 8.79. The Bertz CT molecular complexity index is 928. The molecule has 0 atom stereocenters. The fraction of sp³-hybridized carbons (Fsp3) is 0.250. The molecular formula is C24H52Dy8O23. The minimum absolute atomic E-state index is 0. The molecule has 55 heavy (non-hydrogen) atoms. The number of hydrogen-bond donors (Lipinski definition) is 12. The first-order chi connectivity index (χ1) is 16.9. The molecule has 0 saturated carbocycles. The Kier molecular flexibility index (Phi) is 164. The molecule has 0 heterocycles. The van der Waals surface area contributed by atoms with Crippen LogP contribution in [0.4, 0.5) is 0 Å². The Labute approximate surface area is 558 Å². The van der Waals surface area contributed by atoms with Crippen molar-refractivity contribution in [2.75, 3.05) is 0 Å². The fourth-order valence-corrected chi connectivity index (χ4v) is 2.80. The summed E-state index contributed by atoms with van der Waals surface area (Å²) in [6.07, 6.45) is -9.75. The van der Waals surface area contributed by atoms with Gasteiger partial charge in [-0.2, -0.15) is 0 Å². The Balaban J connectivity index is -0.0000000177. The van der Waals surface area contributed by atoms with Gasteiger partial charge in [0.2, 0.25) is 0 Å². The van der Waals surface area contributed by atoms with Gasteiger partial charge in [-0.15, -0.1) is 0 Å². The standard InChI is InChI=1S/3C8H10O4.8Dy.11H2O/c9-7(10)5-1-2-6(4-3-5)8(11)12;2*9-7(10)5-3-1-2-4-6(5)8(11)12;;;;;;;;;;;;;;;;;;;/h3*1-4,7-12H;;;;;;;;;11*1H2. The molecule has 0 radical (unpaired) electrons. The summed E-state index contributed by atoms with van der Waals surface area (Å²) in [5.41, 5.74) is 1.05. The predicted molar refractivity (Wildman–Crippen MR) is 162 cm³/mol. The van der Waals surface area contributed by atoms with Crippen LogP contribution in [0.2, 0.25) is 0 Å². The van der Waals surface area contributed by atoms with Crippen LogP contribution in [0.1, 0.15) is 71.1 Å². The van der Waals surface area contributed by atoms with Crippen LogP contribution in [0.25, 0.3) is 0 Å². The molecule has 366 valence electrons. The van der Waals surface area contributed by atoms with Crippen LogP contribution in [0.3, 0.4) is 0 Å². The summed E-state index contributed by atoms with van der Waals surface area (Å²) in [5.74, 6) is 0. The molecule has 31 heteroatoms. The van der Waals surface area contributed by atoms with E-state index < -0.39 is 37.7 Å². The van der Waals surface area contributed by atoms with E-state index in [4.69, 9.17) is 61.3 Å². The zero-order valence-corrected chi connectivity index (χ0v) is 43.0. The van der Waals surface area contributed by atoms with Gasteiger partial charge in [-0.05, 0) is 0 Å². The number of aliphatic hydroxyl groups is 12. The van der Waals surface area contributed by atoms with Crippen LogP contribution in [-0.2, 0) is 0 Å². The van der Waals surface area contributed by atoms with E-state index in [2.05, 4.69) is 0 Å². The van der Waals surface area contributed by atoms with Crippen LogP contribution >= 0.6 is 0 Å². The van der Waals surface area contributed by atoms with E-state index in [1.54, 1.807) is 24.3 Å². The Morgan fingerprint density at radius 3 is 0.436 bits per heavy atom. The number of benzene rings is 3. The quantitative estimate of drug-likeness (QED) is 0.102. The molecule has 0 aliphatic carbocycles. The molecule has 0 amide bonds. The zero-order valence-electron chi connectivity index (χ0n) is 26.8. The first kappa shape index (κ1) is 125. The molecule has 3 aromatic carbocycles. The van der Waals surface area contributed by atoms with Gasteiger partial charge in [-0.25, -0.2) is 0 Å². The van der Waals surface area contributed by atoms with Crippen LogP contribution < -0.4 is 0 Å². The normalized spacial score (nSPS) is 7.31. The molecule has 34 N–H and O–H groups in total. The SMILES string of the molecule is O.O.O.O.O.O.O.O.O.O.O.OC(O)c1ccc(C(O)O)cc1.OC(O)c1ccccc1C(O)O.OC(O)c1ccccc1C(O)O.[Dy].[Dy].[Dy].[Dy].[Dy].[Dy].[Dy].[Dy]. The third-order valence-electron chi connectivity index (χ3n) is 4.64. The van der Waals surface area contributed by atoms with Crippen molar-refractivity contribution in [3.8, 4) is 0 Å². The summed E-state index contributed by atoms with van der Waals surface area (Å²) < 4.78 is 0. The van der Waals surface area contributed by atoms with E-state index >= 15 is 0 Å². The molecule has 0 fully saturated rings. The summed E-state index contributed by atoms with van der Waals surface area (Å²) in [4.78, 5) is 0. The second kappa shape index (κ2) is 72.5. The smallest absolute Gasteiger partial charge is 0.178 e. The van der Waals surface area contributed by atoms with Crippen LogP contribution in [0, 0.1) is 305 Å². The van der Waals surface area contributed by atoms with Crippen molar-refractivity contribution in [2.45, 2.75) is 37.7 Å². The Hall–Kier alpha value is 6.92. The van der Waals surface area contributed by atoms with Crippen molar-refractivity contribution in [1.82, 2.24) is 0 Å². The number of hydrogen-bond acceptors (Lipinski definition) is 12. The zero-order chi connectivity index (χ0) is 27.4. The summed E-state index contributed by atoms with van der Waals surface area (Å²) >= 11 is 0. The number of rotatable bonds is 6. The van der Waals surface area contributed by atoms with Crippen molar-refractivity contribution in [2.24, 2.45) is 0 Å². The fourth-order valence-electron chi connectivity index (χ4n) is 2.80. The molecular weight excluding hydrogens is 1960 g/mol. The summed E-state index contributed by atoms with van der Waals surface area (Å²) in [6.45, 7) is 0. The summed E-state index contributed by atoms with van der Waals surface area (Å²) in [5, 5.41) is 105. The largest absolute Gasteiger partial charge is 0.412 e. The van der Waals surface area contributed by atoms with Crippen LogP contribution in [-0.4, -0.2) is 122 Å². The topological polar surface area (TPSA) is 589 Å². The minimum atomic E-state index is -1.68. The van der Waals surface area contributed by atoms with Gasteiger partial charge in [0.25, 0.3) is 0 Å². The molecule has 0 aliphatic rings. The van der Waals surface area contributed by atoms with Gasteiger partial charge < -0.3 is 122 Å².